The van der Waals surface area contributed by atoms with Gasteiger partial charge in [-0.05, 0) is 29.8 Å². The van der Waals surface area contributed by atoms with Gasteiger partial charge in [-0.25, -0.2) is 32.4 Å². The molecule has 1 unspecified atom stereocenters. The maximum Gasteiger partial charge on any atom is 0.328 e. The number of fused-ring (bicyclic) bond motifs is 1. The van der Waals surface area contributed by atoms with Crippen molar-refractivity contribution in [2.24, 2.45) is 5.14 Å². The number of ether oxygens (including phenoxy) is 3. The molecule has 0 saturated heterocycles. The molecule has 0 spiro atoms. The second-order valence-electron chi connectivity index (χ2n) is 9.09. The highest BCUT2D eigenvalue weighted by Crippen LogP contribution is 2.28. The molecule has 18 heteroatoms. The standard InChI is InChI=1S/C25H27FN6O9S2/c26-8-17(33)13-41-18-3-1-2-15(6-18)11-39-14-21(24(35)36)28-23(34)10-32-9-16(30-31-32)12-40-19-4-5-22-20(7-19)29-25(42-22)43(27,37)38/h1-7,9,17,21,33H,8,10-14H2,(H,28,34)(H,35,36)(H2,27,37,38)/t17?,21-/m0/s1. The van der Waals surface area contributed by atoms with Crippen molar-refractivity contribution in [3.05, 3.63) is 59.9 Å². The van der Waals surface area contributed by atoms with Crippen LogP contribution in [0.3, 0.4) is 0 Å². The third kappa shape index (κ3) is 9.38. The van der Waals surface area contributed by atoms with E-state index in [-0.39, 0.29) is 37.3 Å². The summed E-state index contributed by atoms with van der Waals surface area (Å²) in [7, 11) is -3.92. The third-order valence-electron chi connectivity index (χ3n) is 5.57. The van der Waals surface area contributed by atoms with Crippen LogP contribution in [0.2, 0.25) is 0 Å². The quantitative estimate of drug-likeness (QED) is 0.133. The number of halogens is 1. The second kappa shape index (κ2) is 14.3. The van der Waals surface area contributed by atoms with Crippen molar-refractivity contribution in [3.63, 3.8) is 0 Å². The van der Waals surface area contributed by atoms with Gasteiger partial charge in [0.2, 0.25) is 10.2 Å². The highest BCUT2D eigenvalue weighted by atomic mass is 32.2. The number of hydrogen-bond acceptors (Lipinski definition) is 12. The normalized spacial score (nSPS) is 13.0. The number of carbonyl (C=O) groups excluding carboxylic acids is 1. The average molecular weight is 639 g/mol. The molecule has 0 aliphatic heterocycles. The van der Waals surface area contributed by atoms with E-state index >= 15 is 0 Å². The number of aromatic nitrogens is 4. The molecule has 1 amide bonds. The molecule has 0 aliphatic rings. The summed E-state index contributed by atoms with van der Waals surface area (Å²) in [5, 5.41) is 34.1. The summed E-state index contributed by atoms with van der Waals surface area (Å²) in [6.45, 7) is -1.81. The zero-order valence-electron chi connectivity index (χ0n) is 22.3. The summed E-state index contributed by atoms with van der Waals surface area (Å²) in [5.41, 5.74) is 1.41. The summed E-state index contributed by atoms with van der Waals surface area (Å²) < 4.78 is 53.5. The highest BCUT2D eigenvalue weighted by molar-refractivity contribution is 7.91. The lowest BCUT2D eigenvalue weighted by Crippen LogP contribution is -2.45. The monoisotopic (exact) mass is 638 g/mol. The number of carboxylic acids is 1. The molecule has 0 fully saturated rings. The first-order chi connectivity index (χ1) is 20.5. The highest BCUT2D eigenvalue weighted by Gasteiger charge is 2.21. The maximum absolute atomic E-state index is 12.5. The van der Waals surface area contributed by atoms with Crippen LogP contribution in [0.4, 0.5) is 4.39 Å². The SMILES string of the molecule is NS(=O)(=O)c1nc2cc(OCc3cn(CC(=O)N[C@@H](COCc4cccc(OCC(O)CF)c4)C(=O)O)nn3)ccc2s1. The van der Waals surface area contributed by atoms with E-state index in [1.165, 1.54) is 10.9 Å². The van der Waals surface area contributed by atoms with Crippen molar-refractivity contribution in [2.75, 3.05) is 19.9 Å². The first-order valence-electron chi connectivity index (χ1n) is 12.5. The number of amides is 1. The number of aliphatic hydroxyl groups excluding tert-OH is 1. The Morgan fingerprint density at radius 2 is 1.91 bits per heavy atom. The molecule has 2 aromatic carbocycles. The summed E-state index contributed by atoms with van der Waals surface area (Å²) in [5.74, 6) is -1.17. The molecule has 2 aromatic heterocycles. The fourth-order valence-corrected chi connectivity index (χ4v) is 5.19. The lowest BCUT2D eigenvalue weighted by Gasteiger charge is -2.15. The molecule has 0 aliphatic carbocycles. The second-order valence-corrected chi connectivity index (χ2v) is 11.9. The Kier molecular flexibility index (Phi) is 10.5. The molecule has 5 N–H and O–H groups in total. The van der Waals surface area contributed by atoms with Gasteiger partial charge in [0, 0.05) is 6.07 Å². The minimum absolute atomic E-state index is 0.0115. The van der Waals surface area contributed by atoms with Crippen LogP contribution in [0.15, 0.2) is 53.0 Å². The molecular weight excluding hydrogens is 611 g/mol. The first kappa shape index (κ1) is 31.7. The summed E-state index contributed by atoms with van der Waals surface area (Å²) >= 11 is 0.940. The number of sulfonamides is 1. The number of nitrogens with one attached hydrogen (secondary N) is 1. The Labute approximate surface area is 248 Å². The average Bonchev–Trinajstić information content (AvgIpc) is 3.61. The van der Waals surface area contributed by atoms with E-state index in [1.54, 1.807) is 42.5 Å². The Morgan fingerprint density at radius 3 is 2.65 bits per heavy atom. The largest absolute Gasteiger partial charge is 0.491 e. The zero-order chi connectivity index (χ0) is 31.0. The number of hydrogen-bond donors (Lipinski definition) is 4. The van der Waals surface area contributed by atoms with Crippen molar-refractivity contribution in [1.82, 2.24) is 25.3 Å². The predicted octanol–water partition coefficient (Wildman–Crippen LogP) is 0.610. The van der Waals surface area contributed by atoms with E-state index in [0.717, 1.165) is 11.3 Å². The fourth-order valence-electron chi connectivity index (χ4n) is 3.56. The number of alkyl halides is 1. The van der Waals surface area contributed by atoms with Crippen LogP contribution in [0.25, 0.3) is 10.2 Å². The molecule has 2 heterocycles. The summed E-state index contributed by atoms with van der Waals surface area (Å²) in [6, 6.07) is 10.1. The summed E-state index contributed by atoms with van der Waals surface area (Å²) in [4.78, 5) is 28.1. The van der Waals surface area contributed by atoms with E-state index < -0.39 is 40.7 Å². The van der Waals surface area contributed by atoms with Crippen LogP contribution in [0, 0.1) is 0 Å². The van der Waals surface area contributed by atoms with Crippen molar-refractivity contribution in [2.45, 2.75) is 36.2 Å². The Balaban J connectivity index is 1.24. The number of carboxylic acid groups (broad SMARTS) is 1. The van der Waals surface area contributed by atoms with Crippen LogP contribution in [-0.2, 0) is 44.1 Å². The minimum atomic E-state index is -3.92. The number of aliphatic hydroxyl groups is 1. The third-order valence-corrected chi connectivity index (χ3v) is 7.92. The van der Waals surface area contributed by atoms with Crippen LogP contribution < -0.4 is 19.9 Å². The van der Waals surface area contributed by atoms with Crippen LogP contribution >= 0.6 is 11.3 Å². The van der Waals surface area contributed by atoms with Crippen molar-refractivity contribution < 1.29 is 46.8 Å². The molecule has 230 valence electrons. The molecular formula is C25H27FN6O9S2. The molecule has 0 saturated carbocycles. The molecule has 4 rings (SSSR count). The topological polar surface area (TPSA) is 218 Å². The molecule has 2 atom stereocenters. The van der Waals surface area contributed by atoms with Gasteiger partial charge in [-0.15, -0.1) is 16.4 Å². The molecule has 0 radical (unpaired) electrons. The van der Waals surface area contributed by atoms with Crippen LogP contribution in [-0.4, -0.2) is 82.5 Å². The Hall–Kier alpha value is -4.23. The number of rotatable bonds is 16. The van der Waals surface area contributed by atoms with Gasteiger partial charge >= 0.3 is 5.97 Å². The molecule has 15 nitrogen and oxygen atoms in total. The molecule has 0 bridgehead atoms. The number of aliphatic carboxylic acids is 1. The summed E-state index contributed by atoms with van der Waals surface area (Å²) in [6.07, 6.45) is 0.216. The van der Waals surface area contributed by atoms with Gasteiger partial charge in [0.05, 0.1) is 29.6 Å². The molecule has 43 heavy (non-hydrogen) atoms. The van der Waals surface area contributed by atoms with Gasteiger partial charge < -0.3 is 29.7 Å². The fraction of sp³-hybridized carbons (Fsp3) is 0.320. The zero-order valence-corrected chi connectivity index (χ0v) is 24.0. The van der Waals surface area contributed by atoms with Crippen molar-refractivity contribution >= 4 is 43.5 Å². The van der Waals surface area contributed by atoms with E-state index in [0.29, 0.717) is 33.0 Å². The van der Waals surface area contributed by atoms with Crippen LogP contribution in [0.5, 0.6) is 11.5 Å². The van der Waals surface area contributed by atoms with Gasteiger partial charge in [-0.3, -0.25) is 4.79 Å². The smallest absolute Gasteiger partial charge is 0.328 e. The van der Waals surface area contributed by atoms with Crippen molar-refractivity contribution in [1.29, 1.82) is 0 Å². The molecule has 4 aromatic rings. The number of benzene rings is 2. The number of carbonyl (C=O) groups is 2. The Bertz CT molecular complexity index is 1680. The van der Waals surface area contributed by atoms with E-state index in [1.807, 2.05) is 0 Å². The number of nitrogens with two attached hydrogens (primary N) is 1. The lowest BCUT2D eigenvalue weighted by molar-refractivity contribution is -0.144. The van der Waals surface area contributed by atoms with Gasteiger partial charge in [-0.1, -0.05) is 17.3 Å². The number of primary sulfonamides is 1. The van der Waals surface area contributed by atoms with Gasteiger partial charge in [0.25, 0.3) is 10.0 Å². The minimum Gasteiger partial charge on any atom is -0.491 e. The van der Waals surface area contributed by atoms with E-state index in [9.17, 15) is 32.6 Å². The van der Waals surface area contributed by atoms with Gasteiger partial charge in [-0.2, -0.15) is 0 Å². The number of thiazole rings is 1. The lowest BCUT2D eigenvalue weighted by atomic mass is 10.2. The van der Waals surface area contributed by atoms with Crippen molar-refractivity contribution in [3.8, 4) is 11.5 Å². The van der Waals surface area contributed by atoms with Crippen LogP contribution in [0.1, 0.15) is 11.3 Å². The Morgan fingerprint density at radius 1 is 1.12 bits per heavy atom. The first-order valence-corrected chi connectivity index (χ1v) is 14.9. The van der Waals surface area contributed by atoms with E-state index in [4.69, 9.17) is 19.3 Å². The number of nitrogens with zero attached hydrogens (tertiary/aromatic N) is 4. The predicted molar refractivity (Wildman–Crippen MR) is 148 cm³/mol. The maximum atomic E-state index is 12.5. The van der Waals surface area contributed by atoms with Gasteiger partial charge in [0.1, 0.15) is 49.7 Å². The van der Waals surface area contributed by atoms with Gasteiger partial charge in [0.15, 0.2) is 6.04 Å². The van der Waals surface area contributed by atoms with E-state index in [2.05, 4.69) is 20.6 Å².